The van der Waals surface area contributed by atoms with E-state index in [4.69, 9.17) is 5.11 Å². The maximum absolute atomic E-state index is 11.8. The smallest absolute Gasteiger partial charge is 0.307 e. The van der Waals surface area contributed by atoms with E-state index < -0.39 is 11.9 Å². The van der Waals surface area contributed by atoms with E-state index in [1.807, 2.05) is 6.92 Å². The van der Waals surface area contributed by atoms with Crippen molar-refractivity contribution in [2.45, 2.75) is 39.5 Å². The summed E-state index contributed by atoms with van der Waals surface area (Å²) in [5, 5.41) is 11.9. The van der Waals surface area contributed by atoms with E-state index in [-0.39, 0.29) is 11.8 Å². The summed E-state index contributed by atoms with van der Waals surface area (Å²) in [4.78, 5) is 22.9. The van der Waals surface area contributed by atoms with Crippen LogP contribution in [0.3, 0.4) is 0 Å². The van der Waals surface area contributed by atoms with Crippen LogP contribution in [-0.4, -0.2) is 23.5 Å². The summed E-state index contributed by atoms with van der Waals surface area (Å²) in [6, 6.07) is 0. The normalized spacial score (nSPS) is 29.0. The minimum atomic E-state index is -0.826. The number of carbonyl (C=O) groups excluding carboxylic acids is 1. The van der Waals surface area contributed by atoms with Crippen molar-refractivity contribution in [1.82, 2.24) is 5.32 Å². The van der Waals surface area contributed by atoms with E-state index in [1.165, 1.54) is 0 Å². The Hall–Kier alpha value is -1.06. The summed E-state index contributed by atoms with van der Waals surface area (Å²) in [5.41, 5.74) is 0. The molecule has 0 radical (unpaired) electrons. The molecule has 16 heavy (non-hydrogen) atoms. The molecule has 0 aliphatic heterocycles. The van der Waals surface area contributed by atoms with Gasteiger partial charge in [0.25, 0.3) is 0 Å². The number of aliphatic carboxylic acids is 1. The first-order chi connectivity index (χ1) is 7.60. The summed E-state index contributed by atoms with van der Waals surface area (Å²) < 4.78 is 0. The van der Waals surface area contributed by atoms with E-state index in [0.717, 1.165) is 19.3 Å². The molecule has 4 heteroatoms. The highest BCUT2D eigenvalue weighted by Crippen LogP contribution is 2.38. The Balaban J connectivity index is 2.61. The molecule has 92 valence electrons. The Morgan fingerprint density at radius 3 is 2.38 bits per heavy atom. The van der Waals surface area contributed by atoms with Gasteiger partial charge < -0.3 is 10.4 Å². The fourth-order valence-corrected chi connectivity index (χ4v) is 2.42. The number of rotatable bonds is 5. The number of hydrogen-bond donors (Lipinski definition) is 2. The number of hydrogen-bond acceptors (Lipinski definition) is 2. The van der Waals surface area contributed by atoms with Crippen LogP contribution in [0.2, 0.25) is 0 Å². The molecule has 0 spiro atoms. The lowest BCUT2D eigenvalue weighted by molar-refractivity contribution is -0.146. The molecule has 0 bridgehead atoms. The van der Waals surface area contributed by atoms with Crippen molar-refractivity contribution in [1.29, 1.82) is 0 Å². The first-order valence-electron chi connectivity index (χ1n) is 6.10. The van der Waals surface area contributed by atoms with Crippen molar-refractivity contribution in [2.24, 2.45) is 17.8 Å². The fraction of sp³-hybridized carbons (Fsp3) is 0.833. The SMILES string of the molecule is CCCNC(=O)[C@H]1CC(CC)C[C@H]1C(=O)O. The van der Waals surface area contributed by atoms with Gasteiger partial charge >= 0.3 is 5.97 Å². The summed E-state index contributed by atoms with van der Waals surface area (Å²) in [5.74, 6) is -1.33. The molecule has 0 aromatic rings. The first-order valence-corrected chi connectivity index (χ1v) is 6.10. The summed E-state index contributed by atoms with van der Waals surface area (Å²) >= 11 is 0. The van der Waals surface area contributed by atoms with E-state index in [0.29, 0.717) is 18.9 Å². The van der Waals surface area contributed by atoms with Gasteiger partial charge in [-0.15, -0.1) is 0 Å². The molecule has 1 amide bonds. The van der Waals surface area contributed by atoms with Crippen LogP contribution in [0.1, 0.15) is 39.5 Å². The molecule has 1 rings (SSSR count). The predicted molar refractivity (Wildman–Crippen MR) is 60.9 cm³/mol. The first kappa shape index (κ1) is 13.0. The van der Waals surface area contributed by atoms with E-state index in [9.17, 15) is 9.59 Å². The van der Waals surface area contributed by atoms with Crippen LogP contribution in [0.15, 0.2) is 0 Å². The van der Waals surface area contributed by atoms with Gasteiger partial charge in [0.15, 0.2) is 0 Å². The van der Waals surface area contributed by atoms with Gasteiger partial charge in [0, 0.05) is 6.54 Å². The van der Waals surface area contributed by atoms with Crippen LogP contribution in [-0.2, 0) is 9.59 Å². The second-order valence-electron chi connectivity index (χ2n) is 4.59. The number of carbonyl (C=O) groups is 2. The van der Waals surface area contributed by atoms with Crippen LogP contribution in [0.25, 0.3) is 0 Å². The van der Waals surface area contributed by atoms with Crippen molar-refractivity contribution in [3.05, 3.63) is 0 Å². The van der Waals surface area contributed by atoms with Crippen LogP contribution in [0, 0.1) is 17.8 Å². The third-order valence-corrected chi connectivity index (χ3v) is 3.44. The molecular weight excluding hydrogens is 206 g/mol. The lowest BCUT2D eigenvalue weighted by Crippen LogP contribution is -2.35. The second-order valence-corrected chi connectivity index (χ2v) is 4.59. The monoisotopic (exact) mass is 227 g/mol. The zero-order valence-corrected chi connectivity index (χ0v) is 10.0. The van der Waals surface area contributed by atoms with Gasteiger partial charge in [0.05, 0.1) is 11.8 Å². The van der Waals surface area contributed by atoms with E-state index in [2.05, 4.69) is 12.2 Å². The molecule has 3 atom stereocenters. The summed E-state index contributed by atoms with van der Waals surface area (Å²) in [7, 11) is 0. The zero-order chi connectivity index (χ0) is 12.1. The van der Waals surface area contributed by atoms with Gasteiger partial charge in [0.2, 0.25) is 5.91 Å². The van der Waals surface area contributed by atoms with Crippen molar-refractivity contribution in [3.63, 3.8) is 0 Å². The van der Waals surface area contributed by atoms with Crippen LogP contribution < -0.4 is 5.32 Å². The van der Waals surface area contributed by atoms with E-state index in [1.54, 1.807) is 0 Å². The van der Waals surface area contributed by atoms with Crippen molar-refractivity contribution >= 4 is 11.9 Å². The third-order valence-electron chi connectivity index (χ3n) is 3.44. The lowest BCUT2D eigenvalue weighted by Gasteiger charge is -2.14. The molecule has 2 N–H and O–H groups in total. The third kappa shape index (κ3) is 2.97. The van der Waals surface area contributed by atoms with Gasteiger partial charge in [-0.05, 0) is 25.2 Å². The Labute approximate surface area is 96.4 Å². The molecule has 1 unspecified atom stereocenters. The molecule has 0 saturated heterocycles. The topological polar surface area (TPSA) is 66.4 Å². The highest BCUT2D eigenvalue weighted by atomic mass is 16.4. The van der Waals surface area contributed by atoms with Crippen LogP contribution in [0.5, 0.6) is 0 Å². The minimum Gasteiger partial charge on any atom is -0.481 e. The highest BCUT2D eigenvalue weighted by molar-refractivity contribution is 5.85. The quantitative estimate of drug-likeness (QED) is 0.750. The van der Waals surface area contributed by atoms with Crippen LogP contribution >= 0.6 is 0 Å². The molecule has 1 aliphatic carbocycles. The number of carboxylic acids is 1. The predicted octanol–water partition coefficient (Wildman–Crippen LogP) is 1.65. The Kier molecular flexibility index (Phi) is 4.77. The molecule has 1 aliphatic rings. The maximum Gasteiger partial charge on any atom is 0.307 e. The molecule has 1 saturated carbocycles. The van der Waals surface area contributed by atoms with Crippen molar-refractivity contribution in [2.75, 3.05) is 6.54 Å². The van der Waals surface area contributed by atoms with Gasteiger partial charge in [-0.1, -0.05) is 20.3 Å². The molecule has 4 nitrogen and oxygen atoms in total. The molecule has 1 fully saturated rings. The number of carboxylic acid groups (broad SMARTS) is 1. The number of nitrogens with one attached hydrogen (secondary N) is 1. The van der Waals surface area contributed by atoms with Gasteiger partial charge in [-0.3, -0.25) is 9.59 Å². The van der Waals surface area contributed by atoms with Gasteiger partial charge in [-0.2, -0.15) is 0 Å². The Morgan fingerprint density at radius 2 is 1.88 bits per heavy atom. The molecule has 0 aromatic heterocycles. The average Bonchev–Trinajstić information content (AvgIpc) is 2.70. The van der Waals surface area contributed by atoms with Crippen molar-refractivity contribution < 1.29 is 14.7 Å². The molecule has 0 aromatic carbocycles. The fourth-order valence-electron chi connectivity index (χ4n) is 2.42. The zero-order valence-electron chi connectivity index (χ0n) is 10.0. The van der Waals surface area contributed by atoms with Gasteiger partial charge in [0.1, 0.15) is 0 Å². The van der Waals surface area contributed by atoms with E-state index >= 15 is 0 Å². The Bertz CT molecular complexity index is 265. The van der Waals surface area contributed by atoms with Gasteiger partial charge in [-0.25, -0.2) is 0 Å². The second kappa shape index (κ2) is 5.87. The summed E-state index contributed by atoms with van der Waals surface area (Å²) in [6.45, 7) is 4.67. The molecule has 0 heterocycles. The maximum atomic E-state index is 11.8. The largest absolute Gasteiger partial charge is 0.481 e. The molecular formula is C12H21NO3. The number of amides is 1. The Morgan fingerprint density at radius 1 is 1.25 bits per heavy atom. The summed E-state index contributed by atoms with van der Waals surface area (Å²) in [6.07, 6.45) is 3.22. The highest BCUT2D eigenvalue weighted by Gasteiger charge is 2.41. The standard InChI is InChI=1S/C12H21NO3/c1-3-5-13-11(14)9-6-8(4-2)7-10(9)12(15)16/h8-10H,3-7H2,1-2H3,(H,13,14)(H,15,16)/t8?,9-,10+/m0/s1. The average molecular weight is 227 g/mol. The minimum absolute atomic E-state index is 0.0785. The van der Waals surface area contributed by atoms with Crippen molar-refractivity contribution in [3.8, 4) is 0 Å². The lowest BCUT2D eigenvalue weighted by atomic mass is 9.95. The van der Waals surface area contributed by atoms with Crippen LogP contribution in [0.4, 0.5) is 0 Å².